The van der Waals surface area contributed by atoms with Crippen molar-refractivity contribution in [1.82, 2.24) is 5.32 Å². The maximum absolute atomic E-state index is 3.53. The molecule has 0 aromatic heterocycles. The van der Waals surface area contributed by atoms with Gasteiger partial charge in [-0.1, -0.05) is 25.1 Å². The summed E-state index contributed by atoms with van der Waals surface area (Å²) in [4.78, 5) is 2.66. The largest absolute Gasteiger partial charge is 0.367 e. The molecule has 92 valence electrons. The second kappa shape index (κ2) is 4.69. The van der Waals surface area contributed by atoms with Crippen molar-refractivity contribution in [3.8, 4) is 0 Å². The normalized spacial score (nSPS) is 28.9. The zero-order chi connectivity index (χ0) is 11.7. The van der Waals surface area contributed by atoms with Gasteiger partial charge in [0.15, 0.2) is 0 Å². The average Bonchev–Trinajstić information content (AvgIpc) is 2.66. The van der Waals surface area contributed by atoms with E-state index in [1.165, 1.54) is 38.0 Å². The molecule has 0 bridgehead atoms. The van der Waals surface area contributed by atoms with Crippen LogP contribution >= 0.6 is 0 Å². The van der Waals surface area contributed by atoms with Gasteiger partial charge in [0.25, 0.3) is 0 Å². The van der Waals surface area contributed by atoms with Gasteiger partial charge in [0.05, 0.1) is 0 Å². The summed E-state index contributed by atoms with van der Waals surface area (Å²) in [6, 6.07) is 9.67. The van der Waals surface area contributed by atoms with Crippen molar-refractivity contribution in [2.24, 2.45) is 5.92 Å². The molecule has 2 heteroatoms. The van der Waals surface area contributed by atoms with Gasteiger partial charge in [-0.15, -0.1) is 0 Å². The Morgan fingerprint density at radius 3 is 2.88 bits per heavy atom. The van der Waals surface area contributed by atoms with Crippen LogP contribution in [0.2, 0.25) is 0 Å². The number of nitrogens with zero attached hydrogens (tertiary/aromatic N) is 1. The van der Waals surface area contributed by atoms with E-state index in [0.29, 0.717) is 6.04 Å². The molecule has 1 fully saturated rings. The fourth-order valence-electron chi connectivity index (χ4n) is 3.28. The van der Waals surface area contributed by atoms with E-state index < -0.39 is 0 Å². The highest BCUT2D eigenvalue weighted by Crippen LogP contribution is 2.30. The summed E-state index contributed by atoms with van der Waals surface area (Å²) in [6.45, 7) is 5.92. The van der Waals surface area contributed by atoms with Gasteiger partial charge in [0.1, 0.15) is 0 Å². The van der Waals surface area contributed by atoms with Crippen molar-refractivity contribution < 1.29 is 0 Å². The Morgan fingerprint density at radius 1 is 1.18 bits per heavy atom. The van der Waals surface area contributed by atoms with Crippen LogP contribution in [0.3, 0.4) is 0 Å². The van der Waals surface area contributed by atoms with Gasteiger partial charge >= 0.3 is 0 Å². The van der Waals surface area contributed by atoms with Crippen LogP contribution in [0.1, 0.15) is 25.3 Å². The predicted molar refractivity (Wildman–Crippen MR) is 72.5 cm³/mol. The lowest BCUT2D eigenvalue weighted by Gasteiger charge is -2.33. The van der Waals surface area contributed by atoms with E-state index in [9.17, 15) is 0 Å². The number of para-hydroxylation sites is 1. The second-order valence-electron chi connectivity index (χ2n) is 5.48. The Bertz CT molecular complexity index is 388. The van der Waals surface area contributed by atoms with E-state index in [4.69, 9.17) is 0 Å². The number of aryl methyl sites for hydroxylation is 1. The fraction of sp³-hybridized carbons (Fsp3) is 0.600. The van der Waals surface area contributed by atoms with Crippen LogP contribution in [0, 0.1) is 5.92 Å². The molecule has 1 aromatic carbocycles. The minimum atomic E-state index is 0.689. The van der Waals surface area contributed by atoms with Crippen LogP contribution in [-0.2, 0) is 6.42 Å². The molecule has 2 heterocycles. The minimum absolute atomic E-state index is 0.689. The van der Waals surface area contributed by atoms with Gasteiger partial charge < -0.3 is 10.2 Å². The van der Waals surface area contributed by atoms with Crippen molar-refractivity contribution in [2.45, 2.75) is 32.2 Å². The van der Waals surface area contributed by atoms with Crippen LogP contribution in [0.5, 0.6) is 0 Å². The molecule has 0 amide bonds. The summed E-state index contributed by atoms with van der Waals surface area (Å²) in [5.41, 5.74) is 3.04. The highest BCUT2D eigenvalue weighted by molar-refractivity contribution is 5.55. The van der Waals surface area contributed by atoms with Gasteiger partial charge in [-0.05, 0) is 43.4 Å². The molecule has 17 heavy (non-hydrogen) atoms. The van der Waals surface area contributed by atoms with E-state index in [1.807, 2.05) is 0 Å². The number of benzene rings is 1. The average molecular weight is 230 g/mol. The van der Waals surface area contributed by atoms with Crippen LogP contribution in [0.4, 0.5) is 5.69 Å². The minimum Gasteiger partial charge on any atom is -0.367 e. The first-order valence-electron chi connectivity index (χ1n) is 6.91. The molecule has 0 aliphatic carbocycles. The Balaban J connectivity index is 1.93. The molecule has 1 aromatic rings. The number of anilines is 1. The van der Waals surface area contributed by atoms with E-state index in [1.54, 1.807) is 5.56 Å². The van der Waals surface area contributed by atoms with Gasteiger partial charge in [0, 0.05) is 24.8 Å². The lowest BCUT2D eigenvalue weighted by Crippen LogP contribution is -2.40. The molecule has 2 aliphatic rings. The molecular formula is C15H22N2. The topological polar surface area (TPSA) is 15.3 Å². The van der Waals surface area contributed by atoms with Crippen LogP contribution < -0.4 is 10.2 Å². The second-order valence-corrected chi connectivity index (χ2v) is 5.48. The standard InChI is InChI=1S/C15H22N2/c1-12-10-16-11-15(12)17-9-5-4-7-13-6-2-3-8-14(13)17/h2-3,6,8,12,15-16H,4-5,7,9-11H2,1H3. The quantitative estimate of drug-likeness (QED) is 0.797. The lowest BCUT2D eigenvalue weighted by molar-refractivity contribution is 0.511. The maximum atomic E-state index is 3.53. The summed E-state index contributed by atoms with van der Waals surface area (Å²) < 4.78 is 0. The van der Waals surface area contributed by atoms with Crippen LogP contribution in [0.15, 0.2) is 24.3 Å². The molecular weight excluding hydrogens is 208 g/mol. The van der Waals surface area contributed by atoms with Gasteiger partial charge in [0.2, 0.25) is 0 Å². The lowest BCUT2D eigenvalue weighted by atomic mass is 10.0. The summed E-state index contributed by atoms with van der Waals surface area (Å²) in [5, 5.41) is 3.53. The third-order valence-corrected chi connectivity index (χ3v) is 4.27. The number of rotatable bonds is 1. The molecule has 2 atom stereocenters. The van der Waals surface area contributed by atoms with Gasteiger partial charge in [-0.3, -0.25) is 0 Å². The maximum Gasteiger partial charge on any atom is 0.0452 e. The van der Waals surface area contributed by atoms with E-state index in [-0.39, 0.29) is 0 Å². The monoisotopic (exact) mass is 230 g/mol. The summed E-state index contributed by atoms with van der Waals surface area (Å²) in [6.07, 6.45) is 3.92. The number of nitrogens with one attached hydrogen (secondary N) is 1. The molecule has 2 aliphatic heterocycles. The zero-order valence-electron chi connectivity index (χ0n) is 10.7. The molecule has 0 spiro atoms. The number of fused-ring (bicyclic) bond motifs is 1. The third-order valence-electron chi connectivity index (χ3n) is 4.27. The Morgan fingerprint density at radius 2 is 2.06 bits per heavy atom. The first-order chi connectivity index (χ1) is 8.36. The van der Waals surface area contributed by atoms with Crippen LogP contribution in [0.25, 0.3) is 0 Å². The predicted octanol–water partition coefficient (Wildman–Crippen LogP) is 2.44. The Labute approximate surface area is 104 Å². The van der Waals surface area contributed by atoms with E-state index in [2.05, 4.69) is 41.4 Å². The number of hydrogen-bond acceptors (Lipinski definition) is 2. The first kappa shape index (κ1) is 11.1. The smallest absolute Gasteiger partial charge is 0.0452 e. The van der Waals surface area contributed by atoms with Crippen molar-refractivity contribution in [1.29, 1.82) is 0 Å². The van der Waals surface area contributed by atoms with Crippen molar-refractivity contribution >= 4 is 5.69 Å². The summed E-state index contributed by atoms with van der Waals surface area (Å²) in [7, 11) is 0. The van der Waals surface area contributed by atoms with Crippen molar-refractivity contribution in [3.05, 3.63) is 29.8 Å². The Kier molecular flexibility index (Phi) is 3.06. The Hall–Kier alpha value is -1.02. The fourth-order valence-corrected chi connectivity index (χ4v) is 3.28. The highest BCUT2D eigenvalue weighted by atomic mass is 15.2. The summed E-state index contributed by atoms with van der Waals surface area (Å²) in [5.74, 6) is 0.765. The van der Waals surface area contributed by atoms with Crippen molar-refractivity contribution in [2.75, 3.05) is 24.5 Å². The molecule has 2 nitrogen and oxygen atoms in total. The highest BCUT2D eigenvalue weighted by Gasteiger charge is 2.30. The molecule has 0 saturated carbocycles. The van der Waals surface area contributed by atoms with Crippen LogP contribution in [-0.4, -0.2) is 25.7 Å². The SMILES string of the molecule is CC1CNCC1N1CCCCc2ccccc21. The molecule has 3 rings (SSSR count). The van der Waals surface area contributed by atoms with Gasteiger partial charge in [-0.25, -0.2) is 0 Å². The van der Waals surface area contributed by atoms with E-state index >= 15 is 0 Å². The molecule has 1 saturated heterocycles. The zero-order valence-corrected chi connectivity index (χ0v) is 10.7. The molecule has 2 unspecified atom stereocenters. The number of hydrogen-bond donors (Lipinski definition) is 1. The third kappa shape index (κ3) is 2.06. The van der Waals surface area contributed by atoms with Crippen molar-refractivity contribution in [3.63, 3.8) is 0 Å². The first-order valence-corrected chi connectivity index (χ1v) is 6.91. The summed E-state index contributed by atoms with van der Waals surface area (Å²) >= 11 is 0. The van der Waals surface area contributed by atoms with E-state index in [0.717, 1.165) is 12.5 Å². The molecule has 0 radical (unpaired) electrons. The van der Waals surface area contributed by atoms with Gasteiger partial charge in [-0.2, -0.15) is 0 Å². The molecule has 1 N–H and O–H groups in total.